The summed E-state index contributed by atoms with van der Waals surface area (Å²) in [6, 6.07) is 9.30. The Kier molecular flexibility index (Phi) is 5.55. The maximum absolute atomic E-state index is 11.9. The van der Waals surface area contributed by atoms with Crippen LogP contribution in [0.1, 0.15) is 23.4 Å². The predicted molar refractivity (Wildman–Crippen MR) is 93.8 cm³/mol. The number of hydrogen-bond acceptors (Lipinski definition) is 7. The molecule has 10 heteroatoms. The van der Waals surface area contributed by atoms with Gasteiger partial charge in [0.1, 0.15) is 12.3 Å². The lowest BCUT2D eigenvalue weighted by Gasteiger charge is -2.06. The molecule has 0 saturated heterocycles. The van der Waals surface area contributed by atoms with E-state index in [1.54, 1.807) is 6.92 Å². The third-order valence-electron chi connectivity index (χ3n) is 3.89. The van der Waals surface area contributed by atoms with Crippen molar-refractivity contribution in [2.75, 3.05) is 0 Å². The Morgan fingerprint density at radius 2 is 1.85 bits per heavy atom. The van der Waals surface area contributed by atoms with Crippen LogP contribution in [-0.4, -0.2) is 37.2 Å². The summed E-state index contributed by atoms with van der Waals surface area (Å²) in [6.45, 7) is 3.45. The molecule has 140 valence electrons. The zero-order valence-electron chi connectivity index (χ0n) is 15.0. The first-order valence-corrected chi connectivity index (χ1v) is 8.35. The Hall–Kier alpha value is -3.56. The summed E-state index contributed by atoms with van der Waals surface area (Å²) in [5.74, 6) is 0.334. The van der Waals surface area contributed by atoms with Crippen LogP contribution < -0.4 is 10.9 Å². The van der Waals surface area contributed by atoms with E-state index in [2.05, 4.69) is 31.4 Å². The Bertz CT molecular complexity index is 914. The van der Waals surface area contributed by atoms with Gasteiger partial charge in [-0.25, -0.2) is 0 Å². The number of amides is 2. The van der Waals surface area contributed by atoms with Crippen LogP contribution in [0.5, 0.6) is 0 Å². The van der Waals surface area contributed by atoms with Crippen molar-refractivity contribution >= 4 is 11.8 Å². The van der Waals surface area contributed by atoms with Gasteiger partial charge < -0.3 is 4.52 Å². The third kappa shape index (κ3) is 4.75. The fourth-order valence-electron chi connectivity index (χ4n) is 2.48. The molecule has 2 N–H and O–H groups in total. The minimum absolute atomic E-state index is 0.163. The van der Waals surface area contributed by atoms with Crippen molar-refractivity contribution in [3.05, 3.63) is 47.3 Å². The number of hydrogen-bond donors (Lipinski definition) is 2. The number of aromatic nitrogens is 5. The molecule has 0 bridgehead atoms. The van der Waals surface area contributed by atoms with E-state index in [9.17, 15) is 9.59 Å². The molecule has 2 aromatic heterocycles. The van der Waals surface area contributed by atoms with Gasteiger partial charge in [-0.2, -0.15) is 4.80 Å². The van der Waals surface area contributed by atoms with Gasteiger partial charge in [0.2, 0.25) is 11.7 Å². The van der Waals surface area contributed by atoms with Gasteiger partial charge in [0.15, 0.2) is 0 Å². The molecular formula is C17H19N7O3. The van der Waals surface area contributed by atoms with Crippen molar-refractivity contribution in [3.8, 4) is 11.4 Å². The molecule has 3 rings (SSSR count). The normalized spacial score (nSPS) is 10.6. The summed E-state index contributed by atoms with van der Waals surface area (Å²) in [5, 5.41) is 15.7. The molecule has 0 aliphatic heterocycles. The van der Waals surface area contributed by atoms with E-state index >= 15 is 0 Å². The Morgan fingerprint density at radius 3 is 2.56 bits per heavy atom. The van der Waals surface area contributed by atoms with Crippen LogP contribution in [0.15, 0.2) is 34.9 Å². The second-order valence-corrected chi connectivity index (χ2v) is 5.91. The molecule has 1 aromatic carbocycles. The van der Waals surface area contributed by atoms with Gasteiger partial charge in [-0.1, -0.05) is 35.5 Å². The highest BCUT2D eigenvalue weighted by molar-refractivity contribution is 5.81. The lowest BCUT2D eigenvalue weighted by atomic mass is 10.1. The van der Waals surface area contributed by atoms with Gasteiger partial charge in [-0.15, -0.1) is 10.2 Å². The zero-order chi connectivity index (χ0) is 19.2. The van der Waals surface area contributed by atoms with Crippen LogP contribution in [0.25, 0.3) is 11.4 Å². The molecule has 2 amide bonds. The molecule has 0 saturated carbocycles. The SMILES string of the molecule is Cc1noc(C)c1CCC(=O)NNC(=O)Cn1nnc(-c2ccccc2)n1. The van der Waals surface area contributed by atoms with Crippen LogP contribution in [-0.2, 0) is 22.6 Å². The quantitative estimate of drug-likeness (QED) is 0.613. The fourth-order valence-corrected chi connectivity index (χ4v) is 2.48. The van der Waals surface area contributed by atoms with Crippen LogP contribution in [0, 0.1) is 13.8 Å². The lowest BCUT2D eigenvalue weighted by molar-refractivity contribution is -0.129. The van der Waals surface area contributed by atoms with Crippen LogP contribution in [0.3, 0.4) is 0 Å². The maximum Gasteiger partial charge on any atom is 0.262 e. The molecular weight excluding hydrogens is 350 g/mol. The molecule has 0 aliphatic carbocycles. The van der Waals surface area contributed by atoms with E-state index < -0.39 is 5.91 Å². The molecule has 0 atom stereocenters. The second kappa shape index (κ2) is 8.21. The monoisotopic (exact) mass is 369 g/mol. The lowest BCUT2D eigenvalue weighted by Crippen LogP contribution is -2.43. The van der Waals surface area contributed by atoms with Crippen molar-refractivity contribution in [2.45, 2.75) is 33.2 Å². The Labute approximate surface area is 154 Å². The highest BCUT2D eigenvalue weighted by Gasteiger charge is 2.13. The Balaban J connectivity index is 1.44. The number of carbonyl (C=O) groups excluding carboxylic acids is 2. The topological polar surface area (TPSA) is 128 Å². The van der Waals surface area contributed by atoms with Gasteiger partial charge in [-0.05, 0) is 25.5 Å². The number of nitrogens with one attached hydrogen (secondary N) is 2. The van der Waals surface area contributed by atoms with Crippen LogP contribution in [0.2, 0.25) is 0 Å². The molecule has 0 spiro atoms. The molecule has 0 fully saturated rings. The van der Waals surface area contributed by atoms with E-state index in [0.717, 1.165) is 21.6 Å². The Morgan fingerprint density at radius 1 is 1.11 bits per heavy atom. The zero-order valence-corrected chi connectivity index (χ0v) is 15.0. The van der Waals surface area contributed by atoms with Gasteiger partial charge in [0.25, 0.3) is 5.91 Å². The minimum Gasteiger partial charge on any atom is -0.361 e. The number of rotatable bonds is 6. The smallest absolute Gasteiger partial charge is 0.262 e. The largest absolute Gasteiger partial charge is 0.361 e. The standard InChI is InChI=1S/C17H19N7O3/c1-11-14(12(2)27-22-11)8-9-15(25)18-19-16(26)10-24-21-17(20-23-24)13-6-4-3-5-7-13/h3-7H,8-10H2,1-2H3,(H,18,25)(H,19,26). The molecule has 0 aliphatic rings. The van der Waals surface area contributed by atoms with Crippen LogP contribution >= 0.6 is 0 Å². The highest BCUT2D eigenvalue weighted by Crippen LogP contribution is 2.14. The number of aryl methyl sites for hydroxylation is 2. The van der Waals surface area contributed by atoms with Gasteiger partial charge in [0, 0.05) is 17.5 Å². The van der Waals surface area contributed by atoms with Crippen molar-refractivity contribution in [3.63, 3.8) is 0 Å². The van der Waals surface area contributed by atoms with E-state index in [-0.39, 0.29) is 18.9 Å². The highest BCUT2D eigenvalue weighted by atomic mass is 16.5. The van der Waals surface area contributed by atoms with E-state index in [4.69, 9.17) is 4.52 Å². The van der Waals surface area contributed by atoms with E-state index in [1.165, 1.54) is 0 Å². The van der Waals surface area contributed by atoms with Gasteiger partial charge in [0.05, 0.1) is 5.69 Å². The maximum atomic E-state index is 11.9. The summed E-state index contributed by atoms with van der Waals surface area (Å²) in [7, 11) is 0. The molecule has 2 heterocycles. The predicted octanol–water partition coefficient (Wildman–Crippen LogP) is 0.725. The molecule has 27 heavy (non-hydrogen) atoms. The summed E-state index contributed by atoms with van der Waals surface area (Å²) >= 11 is 0. The summed E-state index contributed by atoms with van der Waals surface area (Å²) in [6.07, 6.45) is 0.677. The van der Waals surface area contributed by atoms with Crippen molar-refractivity contribution in [2.24, 2.45) is 0 Å². The van der Waals surface area contributed by atoms with Crippen LogP contribution in [0.4, 0.5) is 0 Å². The number of carbonyl (C=O) groups is 2. The molecule has 0 radical (unpaired) electrons. The first-order valence-electron chi connectivity index (χ1n) is 8.35. The number of benzene rings is 1. The second-order valence-electron chi connectivity index (χ2n) is 5.91. The summed E-state index contributed by atoms with van der Waals surface area (Å²) < 4.78 is 5.05. The average molecular weight is 369 g/mol. The summed E-state index contributed by atoms with van der Waals surface area (Å²) in [5.41, 5.74) is 7.16. The van der Waals surface area contributed by atoms with Gasteiger partial charge >= 0.3 is 0 Å². The van der Waals surface area contributed by atoms with Gasteiger partial charge in [-0.3, -0.25) is 20.4 Å². The number of hydrazine groups is 1. The fraction of sp³-hybridized carbons (Fsp3) is 0.294. The molecule has 10 nitrogen and oxygen atoms in total. The molecule has 3 aromatic rings. The van der Waals surface area contributed by atoms with E-state index in [1.807, 2.05) is 37.3 Å². The summed E-state index contributed by atoms with van der Waals surface area (Å²) in [4.78, 5) is 25.0. The number of tetrazole rings is 1. The van der Waals surface area contributed by atoms with Crippen molar-refractivity contribution in [1.82, 2.24) is 36.2 Å². The number of nitrogens with zero attached hydrogens (tertiary/aromatic N) is 5. The van der Waals surface area contributed by atoms with E-state index in [0.29, 0.717) is 18.0 Å². The first kappa shape index (κ1) is 18.2. The third-order valence-corrected chi connectivity index (χ3v) is 3.89. The molecule has 0 unspecified atom stereocenters. The average Bonchev–Trinajstić information content (AvgIpc) is 3.26. The first-order chi connectivity index (χ1) is 13.0. The van der Waals surface area contributed by atoms with Crippen molar-refractivity contribution < 1.29 is 14.1 Å². The van der Waals surface area contributed by atoms with Crippen molar-refractivity contribution in [1.29, 1.82) is 0 Å². The minimum atomic E-state index is -0.460.